The zero-order chi connectivity index (χ0) is 18.1. The standard InChI is InChI=1S/C20H12BrClN2O2/c21-13-6-8-16(22)15(10-13)20-24-17-11-14(7-9-18(17)26-20)23-19(25)12-4-2-1-3-5-12/h1-11H,(H,23,25). The van der Waals surface area contributed by atoms with Crippen molar-refractivity contribution in [2.24, 2.45) is 0 Å². The molecule has 0 saturated carbocycles. The Labute approximate surface area is 162 Å². The van der Waals surface area contributed by atoms with Gasteiger partial charge in [0.25, 0.3) is 5.91 Å². The van der Waals surface area contributed by atoms with Crippen LogP contribution in [-0.4, -0.2) is 10.9 Å². The summed E-state index contributed by atoms with van der Waals surface area (Å²) in [5.74, 6) is 0.251. The normalized spacial score (nSPS) is 10.8. The van der Waals surface area contributed by atoms with E-state index in [1.165, 1.54) is 0 Å². The molecular formula is C20H12BrClN2O2. The number of benzene rings is 3. The maximum Gasteiger partial charge on any atom is 0.255 e. The van der Waals surface area contributed by atoms with Crippen LogP contribution in [0.3, 0.4) is 0 Å². The number of oxazole rings is 1. The fourth-order valence-corrected chi connectivity index (χ4v) is 3.13. The van der Waals surface area contributed by atoms with E-state index >= 15 is 0 Å². The minimum atomic E-state index is -0.177. The molecule has 0 radical (unpaired) electrons. The lowest BCUT2D eigenvalue weighted by atomic mass is 10.2. The van der Waals surface area contributed by atoms with Crippen molar-refractivity contribution in [3.8, 4) is 11.5 Å². The van der Waals surface area contributed by atoms with Crippen LogP contribution in [0.5, 0.6) is 0 Å². The average molecular weight is 428 g/mol. The summed E-state index contributed by atoms with van der Waals surface area (Å²) in [6, 6.07) is 19.8. The number of nitrogens with one attached hydrogen (secondary N) is 1. The summed E-state index contributed by atoms with van der Waals surface area (Å²) in [4.78, 5) is 16.8. The van der Waals surface area contributed by atoms with Crippen LogP contribution in [0.1, 0.15) is 10.4 Å². The molecule has 4 nitrogen and oxygen atoms in total. The molecule has 0 aliphatic rings. The summed E-state index contributed by atoms with van der Waals surface area (Å²) in [6.45, 7) is 0. The predicted octanol–water partition coefficient (Wildman–Crippen LogP) is 6.16. The van der Waals surface area contributed by atoms with Gasteiger partial charge >= 0.3 is 0 Å². The summed E-state index contributed by atoms with van der Waals surface area (Å²) in [6.07, 6.45) is 0. The van der Waals surface area contributed by atoms with Gasteiger partial charge in [0.1, 0.15) is 5.52 Å². The van der Waals surface area contributed by atoms with E-state index in [1.54, 1.807) is 36.4 Å². The average Bonchev–Trinajstić information content (AvgIpc) is 3.07. The zero-order valence-electron chi connectivity index (χ0n) is 13.4. The molecule has 0 aliphatic heterocycles. The van der Waals surface area contributed by atoms with Gasteiger partial charge in [0.05, 0.1) is 10.6 Å². The SMILES string of the molecule is O=C(Nc1ccc2oc(-c3cc(Br)ccc3Cl)nc2c1)c1ccccc1. The molecule has 6 heteroatoms. The number of carbonyl (C=O) groups is 1. The number of halogens is 2. The molecule has 0 fully saturated rings. The molecule has 4 rings (SSSR count). The van der Waals surface area contributed by atoms with Crippen molar-refractivity contribution in [3.05, 3.63) is 81.8 Å². The van der Waals surface area contributed by atoms with Gasteiger partial charge in [-0.3, -0.25) is 4.79 Å². The third-order valence-corrected chi connectivity index (χ3v) is 4.66. The maximum atomic E-state index is 12.3. The third kappa shape index (κ3) is 3.36. The molecule has 1 aromatic heterocycles. The first-order valence-electron chi connectivity index (χ1n) is 7.82. The minimum Gasteiger partial charge on any atom is -0.436 e. The molecule has 1 N–H and O–H groups in total. The van der Waals surface area contributed by atoms with Crippen molar-refractivity contribution in [2.75, 3.05) is 5.32 Å². The summed E-state index contributed by atoms with van der Waals surface area (Å²) >= 11 is 9.67. The third-order valence-electron chi connectivity index (χ3n) is 3.84. The van der Waals surface area contributed by atoms with Crippen molar-refractivity contribution in [1.82, 2.24) is 4.98 Å². The molecule has 0 saturated heterocycles. The molecule has 0 bridgehead atoms. The van der Waals surface area contributed by atoms with E-state index < -0.39 is 0 Å². The lowest BCUT2D eigenvalue weighted by molar-refractivity contribution is 0.102. The molecule has 4 aromatic rings. The molecule has 3 aromatic carbocycles. The molecular weight excluding hydrogens is 416 g/mol. The number of aromatic nitrogens is 1. The van der Waals surface area contributed by atoms with E-state index in [-0.39, 0.29) is 5.91 Å². The lowest BCUT2D eigenvalue weighted by Crippen LogP contribution is -2.11. The van der Waals surface area contributed by atoms with Gasteiger partial charge in [0.15, 0.2) is 5.58 Å². The van der Waals surface area contributed by atoms with Gasteiger partial charge in [0.2, 0.25) is 5.89 Å². The van der Waals surface area contributed by atoms with Crippen LogP contribution < -0.4 is 5.32 Å². The number of nitrogens with zero attached hydrogens (tertiary/aromatic N) is 1. The highest BCUT2D eigenvalue weighted by Gasteiger charge is 2.13. The van der Waals surface area contributed by atoms with Crippen LogP contribution >= 0.6 is 27.5 Å². The summed E-state index contributed by atoms with van der Waals surface area (Å²) in [5.41, 5.74) is 3.20. The largest absolute Gasteiger partial charge is 0.436 e. The van der Waals surface area contributed by atoms with Crippen LogP contribution in [0.25, 0.3) is 22.6 Å². The van der Waals surface area contributed by atoms with Crippen molar-refractivity contribution < 1.29 is 9.21 Å². The Kier molecular flexibility index (Phi) is 4.49. The Bertz CT molecular complexity index is 1110. The molecule has 26 heavy (non-hydrogen) atoms. The number of fused-ring (bicyclic) bond motifs is 1. The first-order chi connectivity index (χ1) is 12.6. The van der Waals surface area contributed by atoms with Crippen LogP contribution in [-0.2, 0) is 0 Å². The Hall–Kier alpha value is -2.63. The van der Waals surface area contributed by atoms with E-state index in [4.69, 9.17) is 16.0 Å². The lowest BCUT2D eigenvalue weighted by Gasteiger charge is -2.04. The van der Waals surface area contributed by atoms with Gasteiger partial charge in [-0.15, -0.1) is 0 Å². The Morgan fingerprint density at radius 1 is 1.04 bits per heavy atom. The van der Waals surface area contributed by atoms with Gasteiger partial charge < -0.3 is 9.73 Å². The highest BCUT2D eigenvalue weighted by atomic mass is 79.9. The number of hydrogen-bond donors (Lipinski definition) is 1. The van der Waals surface area contributed by atoms with E-state index in [0.717, 1.165) is 4.47 Å². The fraction of sp³-hybridized carbons (Fsp3) is 0. The Balaban J connectivity index is 1.66. The second-order valence-corrected chi connectivity index (χ2v) is 6.97. The molecule has 0 atom stereocenters. The maximum absolute atomic E-state index is 12.3. The highest BCUT2D eigenvalue weighted by molar-refractivity contribution is 9.10. The second kappa shape index (κ2) is 6.94. The first kappa shape index (κ1) is 16.8. The predicted molar refractivity (Wildman–Crippen MR) is 107 cm³/mol. The Morgan fingerprint density at radius 2 is 1.85 bits per heavy atom. The van der Waals surface area contributed by atoms with E-state index in [1.807, 2.05) is 30.3 Å². The van der Waals surface area contributed by atoms with Crippen molar-refractivity contribution >= 4 is 50.2 Å². The van der Waals surface area contributed by atoms with Crippen LogP contribution in [0, 0.1) is 0 Å². The first-order valence-corrected chi connectivity index (χ1v) is 9.00. The van der Waals surface area contributed by atoms with E-state index in [2.05, 4.69) is 26.2 Å². The van der Waals surface area contributed by atoms with Gasteiger partial charge in [-0.05, 0) is 48.5 Å². The van der Waals surface area contributed by atoms with Gasteiger partial charge in [-0.25, -0.2) is 4.98 Å². The summed E-state index contributed by atoms with van der Waals surface area (Å²) in [7, 11) is 0. The molecule has 128 valence electrons. The van der Waals surface area contributed by atoms with Gasteiger partial charge in [-0.2, -0.15) is 0 Å². The molecule has 1 heterocycles. The number of hydrogen-bond acceptors (Lipinski definition) is 3. The minimum absolute atomic E-state index is 0.177. The highest BCUT2D eigenvalue weighted by Crippen LogP contribution is 2.33. The smallest absolute Gasteiger partial charge is 0.255 e. The summed E-state index contributed by atoms with van der Waals surface area (Å²) in [5, 5.41) is 3.42. The van der Waals surface area contributed by atoms with Crippen LogP contribution in [0.15, 0.2) is 75.6 Å². The molecule has 0 unspecified atom stereocenters. The van der Waals surface area contributed by atoms with Crippen molar-refractivity contribution in [2.45, 2.75) is 0 Å². The second-order valence-electron chi connectivity index (χ2n) is 5.65. The van der Waals surface area contributed by atoms with E-state index in [0.29, 0.717) is 38.8 Å². The van der Waals surface area contributed by atoms with Crippen molar-refractivity contribution in [1.29, 1.82) is 0 Å². The Morgan fingerprint density at radius 3 is 2.65 bits per heavy atom. The topological polar surface area (TPSA) is 55.1 Å². The van der Waals surface area contributed by atoms with Gasteiger partial charge in [-0.1, -0.05) is 45.7 Å². The number of rotatable bonds is 3. The summed E-state index contributed by atoms with van der Waals surface area (Å²) < 4.78 is 6.69. The van der Waals surface area contributed by atoms with Crippen LogP contribution in [0.2, 0.25) is 5.02 Å². The number of carbonyl (C=O) groups excluding carboxylic acids is 1. The fourth-order valence-electron chi connectivity index (χ4n) is 2.57. The molecule has 0 aliphatic carbocycles. The van der Waals surface area contributed by atoms with Crippen LogP contribution in [0.4, 0.5) is 5.69 Å². The zero-order valence-corrected chi connectivity index (χ0v) is 15.7. The number of anilines is 1. The van der Waals surface area contributed by atoms with Gasteiger partial charge in [0, 0.05) is 15.7 Å². The molecule has 1 amide bonds. The number of amides is 1. The quantitative estimate of drug-likeness (QED) is 0.426. The van der Waals surface area contributed by atoms with E-state index in [9.17, 15) is 4.79 Å². The van der Waals surface area contributed by atoms with Crippen molar-refractivity contribution in [3.63, 3.8) is 0 Å². The molecule has 0 spiro atoms. The monoisotopic (exact) mass is 426 g/mol.